The van der Waals surface area contributed by atoms with Gasteiger partial charge in [0.2, 0.25) is 0 Å². The first-order chi connectivity index (χ1) is 12.1. The van der Waals surface area contributed by atoms with E-state index in [1.165, 1.54) is 0 Å². The van der Waals surface area contributed by atoms with Crippen LogP contribution in [0.5, 0.6) is 5.75 Å². The van der Waals surface area contributed by atoms with Crippen LogP contribution in [0.4, 0.5) is 0 Å². The molecule has 0 aromatic heterocycles. The third-order valence-corrected chi connectivity index (χ3v) is 4.35. The SMILES string of the molecule is O=C(NNC(=S)NCCc1ccc(Cl)cc1)[C@@H]1Cc2ccccc2O1. The molecule has 0 unspecified atom stereocenters. The van der Waals surface area contributed by atoms with Gasteiger partial charge in [0.15, 0.2) is 11.2 Å². The lowest BCUT2D eigenvalue weighted by Crippen LogP contribution is -2.51. The van der Waals surface area contributed by atoms with Gasteiger partial charge in [-0.05, 0) is 48.0 Å². The number of amides is 1. The molecular formula is C18H18ClN3O2S. The summed E-state index contributed by atoms with van der Waals surface area (Å²) in [5.41, 5.74) is 7.47. The summed E-state index contributed by atoms with van der Waals surface area (Å²) in [6, 6.07) is 15.3. The molecule has 3 N–H and O–H groups in total. The van der Waals surface area contributed by atoms with Crippen molar-refractivity contribution >= 4 is 34.8 Å². The Kier molecular flexibility index (Phi) is 5.73. The monoisotopic (exact) mass is 375 g/mol. The number of hydrogen-bond acceptors (Lipinski definition) is 3. The van der Waals surface area contributed by atoms with Crippen molar-refractivity contribution in [1.29, 1.82) is 0 Å². The number of carbonyl (C=O) groups is 1. The van der Waals surface area contributed by atoms with Crippen LogP contribution in [0.15, 0.2) is 48.5 Å². The number of hydrazine groups is 1. The van der Waals surface area contributed by atoms with Gasteiger partial charge in [0.1, 0.15) is 5.75 Å². The highest BCUT2D eigenvalue weighted by Gasteiger charge is 2.28. The van der Waals surface area contributed by atoms with Crippen LogP contribution in [0.2, 0.25) is 5.02 Å². The van der Waals surface area contributed by atoms with Gasteiger partial charge in [-0.15, -0.1) is 0 Å². The van der Waals surface area contributed by atoms with Crippen molar-refractivity contribution in [2.24, 2.45) is 0 Å². The number of thiocarbonyl (C=S) groups is 1. The van der Waals surface area contributed by atoms with Crippen molar-refractivity contribution < 1.29 is 9.53 Å². The fourth-order valence-corrected chi connectivity index (χ4v) is 2.82. The van der Waals surface area contributed by atoms with Crippen LogP contribution in [0.25, 0.3) is 0 Å². The second-order valence-corrected chi connectivity index (χ2v) is 6.51. The highest BCUT2D eigenvalue weighted by atomic mass is 35.5. The number of rotatable bonds is 4. The van der Waals surface area contributed by atoms with Crippen molar-refractivity contribution in [2.45, 2.75) is 18.9 Å². The second-order valence-electron chi connectivity index (χ2n) is 5.66. The van der Waals surface area contributed by atoms with Crippen molar-refractivity contribution in [3.8, 4) is 5.75 Å². The molecule has 2 aromatic carbocycles. The number of carbonyl (C=O) groups excluding carboxylic acids is 1. The van der Waals surface area contributed by atoms with E-state index >= 15 is 0 Å². The zero-order valence-electron chi connectivity index (χ0n) is 13.4. The van der Waals surface area contributed by atoms with Gasteiger partial charge in [-0.25, -0.2) is 0 Å². The summed E-state index contributed by atoms with van der Waals surface area (Å²) in [6.45, 7) is 0.648. The Balaban J connectivity index is 1.36. The van der Waals surface area contributed by atoms with E-state index in [9.17, 15) is 4.79 Å². The Morgan fingerprint density at radius 2 is 1.92 bits per heavy atom. The maximum atomic E-state index is 12.1. The second kappa shape index (κ2) is 8.18. The highest BCUT2D eigenvalue weighted by molar-refractivity contribution is 7.80. The van der Waals surface area contributed by atoms with Gasteiger partial charge in [0.25, 0.3) is 5.91 Å². The summed E-state index contributed by atoms with van der Waals surface area (Å²) >= 11 is 11.0. The molecule has 3 rings (SSSR count). The molecule has 0 aliphatic carbocycles. The summed E-state index contributed by atoms with van der Waals surface area (Å²) in [7, 11) is 0. The molecule has 25 heavy (non-hydrogen) atoms. The molecule has 1 amide bonds. The Morgan fingerprint density at radius 1 is 1.16 bits per heavy atom. The van der Waals surface area contributed by atoms with Gasteiger partial charge in [0.05, 0.1) is 0 Å². The quantitative estimate of drug-likeness (QED) is 0.565. The number of ether oxygens (including phenoxy) is 1. The van der Waals surface area contributed by atoms with E-state index < -0.39 is 6.10 Å². The molecule has 1 aliphatic heterocycles. The van der Waals surface area contributed by atoms with Gasteiger partial charge < -0.3 is 10.1 Å². The minimum absolute atomic E-state index is 0.252. The summed E-state index contributed by atoms with van der Waals surface area (Å²) in [6.07, 6.45) is 0.816. The summed E-state index contributed by atoms with van der Waals surface area (Å²) in [5.74, 6) is 0.504. The van der Waals surface area contributed by atoms with Crippen LogP contribution in [0, 0.1) is 0 Å². The summed E-state index contributed by atoms with van der Waals surface area (Å²) in [5, 5.41) is 4.12. The number of hydrogen-bond donors (Lipinski definition) is 3. The van der Waals surface area contributed by atoms with Gasteiger partial charge in [-0.2, -0.15) is 0 Å². The van der Waals surface area contributed by atoms with Crippen LogP contribution in [0.1, 0.15) is 11.1 Å². The number of fused-ring (bicyclic) bond motifs is 1. The molecule has 130 valence electrons. The van der Waals surface area contributed by atoms with Gasteiger partial charge in [-0.1, -0.05) is 41.9 Å². The van der Waals surface area contributed by atoms with Crippen molar-refractivity contribution in [2.75, 3.05) is 6.54 Å². The fraction of sp³-hybridized carbons (Fsp3) is 0.222. The normalized spacial score (nSPS) is 15.0. The average Bonchev–Trinajstić information content (AvgIpc) is 3.05. The zero-order valence-corrected chi connectivity index (χ0v) is 15.0. The van der Waals surface area contributed by atoms with Crippen LogP contribution in [0.3, 0.4) is 0 Å². The van der Waals surface area contributed by atoms with E-state index in [2.05, 4.69) is 16.2 Å². The number of benzene rings is 2. The largest absolute Gasteiger partial charge is 0.480 e. The summed E-state index contributed by atoms with van der Waals surface area (Å²) < 4.78 is 5.62. The minimum Gasteiger partial charge on any atom is -0.480 e. The molecule has 1 atom stereocenters. The standard InChI is InChI=1S/C18H18ClN3O2S/c19-14-7-5-12(6-8-14)9-10-20-18(25)22-21-17(23)16-11-13-3-1-2-4-15(13)24-16/h1-8,16H,9-11H2,(H,21,23)(H2,20,22,25)/t16-/m0/s1. The van der Waals surface area contributed by atoms with Crippen molar-refractivity contribution in [1.82, 2.24) is 16.2 Å². The maximum absolute atomic E-state index is 12.1. The number of para-hydroxylation sites is 1. The molecule has 7 heteroatoms. The van der Waals surface area contributed by atoms with Crippen LogP contribution < -0.4 is 20.9 Å². The number of halogens is 1. The molecule has 0 bridgehead atoms. The molecule has 0 saturated heterocycles. The molecule has 1 heterocycles. The lowest BCUT2D eigenvalue weighted by molar-refractivity contribution is -0.127. The predicted molar refractivity (Wildman–Crippen MR) is 102 cm³/mol. The molecule has 0 radical (unpaired) electrons. The Hall–Kier alpha value is -2.31. The average molecular weight is 376 g/mol. The summed E-state index contributed by atoms with van der Waals surface area (Å²) in [4.78, 5) is 12.1. The van der Waals surface area contributed by atoms with E-state index in [0.717, 1.165) is 23.3 Å². The molecule has 2 aromatic rings. The molecule has 0 saturated carbocycles. The van der Waals surface area contributed by atoms with Crippen LogP contribution >= 0.6 is 23.8 Å². The molecule has 0 spiro atoms. The lowest BCUT2D eigenvalue weighted by atomic mass is 10.1. The third-order valence-electron chi connectivity index (χ3n) is 3.85. The fourth-order valence-electron chi connectivity index (χ4n) is 2.54. The van der Waals surface area contributed by atoms with E-state index in [-0.39, 0.29) is 5.91 Å². The Morgan fingerprint density at radius 3 is 2.68 bits per heavy atom. The van der Waals surface area contributed by atoms with E-state index in [0.29, 0.717) is 23.1 Å². The van der Waals surface area contributed by atoms with Gasteiger partial charge >= 0.3 is 0 Å². The minimum atomic E-state index is -0.540. The molecular weight excluding hydrogens is 358 g/mol. The highest BCUT2D eigenvalue weighted by Crippen LogP contribution is 2.27. The Bertz CT molecular complexity index is 742. The molecule has 5 nitrogen and oxygen atoms in total. The van der Waals surface area contributed by atoms with Crippen LogP contribution in [-0.2, 0) is 17.6 Å². The van der Waals surface area contributed by atoms with Crippen LogP contribution in [-0.4, -0.2) is 23.7 Å². The van der Waals surface area contributed by atoms with E-state index in [1.807, 2.05) is 48.5 Å². The van der Waals surface area contributed by atoms with Gasteiger partial charge in [-0.3, -0.25) is 15.6 Å². The van der Waals surface area contributed by atoms with Gasteiger partial charge in [0, 0.05) is 18.0 Å². The lowest BCUT2D eigenvalue weighted by Gasteiger charge is -2.14. The number of nitrogens with one attached hydrogen (secondary N) is 3. The zero-order chi connectivity index (χ0) is 17.6. The first kappa shape index (κ1) is 17.5. The Labute approximate surface area is 156 Å². The van der Waals surface area contributed by atoms with Crippen molar-refractivity contribution in [3.05, 3.63) is 64.7 Å². The first-order valence-electron chi connectivity index (χ1n) is 7.94. The maximum Gasteiger partial charge on any atom is 0.279 e. The topological polar surface area (TPSA) is 62.4 Å². The first-order valence-corrected chi connectivity index (χ1v) is 8.73. The van der Waals surface area contributed by atoms with E-state index in [4.69, 9.17) is 28.6 Å². The molecule has 0 fully saturated rings. The van der Waals surface area contributed by atoms with Crippen molar-refractivity contribution in [3.63, 3.8) is 0 Å². The smallest absolute Gasteiger partial charge is 0.279 e. The van der Waals surface area contributed by atoms with E-state index in [1.54, 1.807) is 0 Å². The predicted octanol–water partition coefficient (Wildman–Crippen LogP) is 2.38. The third kappa shape index (κ3) is 4.84. The molecule has 1 aliphatic rings.